The first-order valence-electron chi connectivity index (χ1n) is 9.21. The topological polar surface area (TPSA) is 54.9 Å². The van der Waals surface area contributed by atoms with Gasteiger partial charge in [-0.05, 0) is 70.1 Å². The van der Waals surface area contributed by atoms with E-state index in [2.05, 4.69) is 13.8 Å². The van der Waals surface area contributed by atoms with Crippen molar-refractivity contribution in [1.29, 1.82) is 0 Å². The smallest absolute Gasteiger partial charge is 0.339 e. The van der Waals surface area contributed by atoms with Crippen molar-refractivity contribution in [3.05, 3.63) is 39.2 Å². The van der Waals surface area contributed by atoms with Crippen molar-refractivity contribution in [2.24, 2.45) is 0 Å². The van der Waals surface area contributed by atoms with E-state index in [-0.39, 0.29) is 11.4 Å². The summed E-state index contributed by atoms with van der Waals surface area (Å²) in [5, 5.41) is 11.5. The second kappa shape index (κ2) is 5.92. The zero-order valence-corrected chi connectivity index (χ0v) is 14.5. The molecule has 2 aliphatic rings. The molecule has 0 radical (unpaired) electrons. The van der Waals surface area contributed by atoms with Crippen LogP contribution in [0.1, 0.15) is 56.2 Å². The van der Waals surface area contributed by atoms with Gasteiger partial charge in [-0.15, -0.1) is 0 Å². The third-order valence-corrected chi connectivity index (χ3v) is 6.14. The lowest BCUT2D eigenvalue weighted by atomic mass is 9.95. The highest BCUT2D eigenvalue weighted by Gasteiger charge is 2.31. The summed E-state index contributed by atoms with van der Waals surface area (Å²) in [4.78, 5) is 13.8. The molecular formula is C20H26NO3+. The molecule has 4 rings (SSSR count). The van der Waals surface area contributed by atoms with Crippen LogP contribution in [-0.4, -0.2) is 17.2 Å². The van der Waals surface area contributed by atoms with Crippen molar-refractivity contribution in [1.82, 2.24) is 0 Å². The second-order valence-electron chi connectivity index (χ2n) is 7.62. The summed E-state index contributed by atoms with van der Waals surface area (Å²) in [7, 11) is 0. The molecule has 1 aromatic carbocycles. The first-order valence-corrected chi connectivity index (χ1v) is 9.21. The molecule has 2 N–H and O–H groups in total. The molecule has 2 heterocycles. The van der Waals surface area contributed by atoms with Crippen LogP contribution in [0.3, 0.4) is 0 Å². The number of benzene rings is 1. The number of aryl methyl sites for hydroxylation is 1. The molecular weight excluding hydrogens is 302 g/mol. The molecule has 4 heteroatoms. The van der Waals surface area contributed by atoms with E-state index in [0.29, 0.717) is 24.2 Å². The molecule has 1 aliphatic heterocycles. The molecule has 0 bridgehead atoms. The van der Waals surface area contributed by atoms with E-state index in [4.69, 9.17) is 4.42 Å². The third kappa shape index (κ3) is 2.44. The van der Waals surface area contributed by atoms with Gasteiger partial charge in [0.15, 0.2) is 5.58 Å². The predicted octanol–water partition coefficient (Wildman–Crippen LogP) is 2.33. The lowest BCUT2D eigenvalue weighted by molar-refractivity contribution is -0.964. The van der Waals surface area contributed by atoms with Gasteiger partial charge in [0.25, 0.3) is 0 Å². The number of nitrogens with one attached hydrogen (secondary N) is 1. The molecule has 1 aliphatic carbocycles. The van der Waals surface area contributed by atoms with Crippen LogP contribution >= 0.6 is 0 Å². The highest BCUT2D eigenvalue weighted by Crippen LogP contribution is 2.32. The van der Waals surface area contributed by atoms with Crippen LogP contribution in [-0.2, 0) is 19.4 Å². The van der Waals surface area contributed by atoms with E-state index in [1.807, 2.05) is 6.07 Å². The molecule has 2 aromatic rings. The first kappa shape index (κ1) is 15.7. The fraction of sp³-hybridized carbons (Fsp3) is 0.550. The van der Waals surface area contributed by atoms with Crippen molar-refractivity contribution in [3.8, 4) is 5.75 Å². The maximum Gasteiger partial charge on any atom is 0.339 e. The fourth-order valence-electron chi connectivity index (χ4n) is 4.70. The van der Waals surface area contributed by atoms with Gasteiger partial charge in [-0.2, -0.15) is 0 Å². The number of phenolic OH excluding ortho intramolecular Hbond substituents is 1. The van der Waals surface area contributed by atoms with Crippen molar-refractivity contribution < 1.29 is 14.4 Å². The molecule has 0 amide bonds. The Hall–Kier alpha value is -1.81. The summed E-state index contributed by atoms with van der Waals surface area (Å²) in [5.41, 5.74) is 3.17. The molecule has 2 unspecified atom stereocenters. The molecule has 1 saturated heterocycles. The molecule has 0 spiro atoms. The Morgan fingerprint density at radius 3 is 2.58 bits per heavy atom. The van der Waals surface area contributed by atoms with E-state index < -0.39 is 0 Å². The summed E-state index contributed by atoms with van der Waals surface area (Å²) in [6, 6.07) is 4.81. The molecule has 128 valence electrons. The number of fused-ring (bicyclic) bond motifs is 3. The van der Waals surface area contributed by atoms with Crippen LogP contribution in [0.2, 0.25) is 0 Å². The minimum Gasteiger partial charge on any atom is -0.507 e. The van der Waals surface area contributed by atoms with Crippen LogP contribution in [0.5, 0.6) is 5.75 Å². The number of likely N-dealkylation sites (tertiary alicyclic amines) is 1. The maximum atomic E-state index is 12.4. The standard InChI is InChI=1S/C20H25NO3/c1-12-5-3-6-13(2)21(12)11-17-18(22)10-9-15-14-7-4-8-16(14)20(23)24-19(15)17/h9-10,12-13,22H,3-8,11H2,1-2H3/p+1. The van der Waals surface area contributed by atoms with Crippen LogP contribution in [0.25, 0.3) is 11.0 Å². The molecule has 1 aromatic heterocycles. The van der Waals surface area contributed by atoms with E-state index in [9.17, 15) is 9.90 Å². The lowest BCUT2D eigenvalue weighted by Crippen LogP contribution is -3.18. The fourth-order valence-corrected chi connectivity index (χ4v) is 4.70. The second-order valence-corrected chi connectivity index (χ2v) is 7.62. The van der Waals surface area contributed by atoms with Gasteiger partial charge in [-0.1, -0.05) is 0 Å². The number of rotatable bonds is 2. The zero-order valence-electron chi connectivity index (χ0n) is 14.5. The van der Waals surface area contributed by atoms with E-state index in [0.717, 1.165) is 41.3 Å². The Morgan fingerprint density at radius 1 is 1.12 bits per heavy atom. The summed E-state index contributed by atoms with van der Waals surface area (Å²) in [6.45, 7) is 5.27. The van der Waals surface area contributed by atoms with Gasteiger partial charge in [-0.3, -0.25) is 0 Å². The van der Waals surface area contributed by atoms with Crippen LogP contribution in [0, 0.1) is 0 Å². The van der Waals surface area contributed by atoms with Crippen molar-refractivity contribution in [3.63, 3.8) is 0 Å². The highest BCUT2D eigenvalue weighted by atomic mass is 16.4. The monoisotopic (exact) mass is 328 g/mol. The number of piperidine rings is 1. The van der Waals surface area contributed by atoms with Gasteiger partial charge >= 0.3 is 5.63 Å². The average molecular weight is 328 g/mol. The minimum atomic E-state index is -0.211. The van der Waals surface area contributed by atoms with Crippen molar-refractivity contribution >= 4 is 11.0 Å². The Labute approximate surface area is 142 Å². The van der Waals surface area contributed by atoms with E-state index >= 15 is 0 Å². The summed E-state index contributed by atoms with van der Waals surface area (Å²) in [5.74, 6) is 0.251. The van der Waals surface area contributed by atoms with Gasteiger partial charge in [0.1, 0.15) is 12.3 Å². The van der Waals surface area contributed by atoms with Gasteiger partial charge in [0.05, 0.1) is 17.6 Å². The number of quaternary nitrogens is 1. The molecule has 4 nitrogen and oxygen atoms in total. The average Bonchev–Trinajstić information content (AvgIpc) is 3.03. The Morgan fingerprint density at radius 2 is 1.83 bits per heavy atom. The molecule has 24 heavy (non-hydrogen) atoms. The van der Waals surface area contributed by atoms with Gasteiger partial charge < -0.3 is 14.4 Å². The van der Waals surface area contributed by atoms with E-state index in [1.54, 1.807) is 6.07 Å². The Bertz CT molecular complexity index is 829. The van der Waals surface area contributed by atoms with Gasteiger partial charge in [0, 0.05) is 10.9 Å². The third-order valence-electron chi connectivity index (χ3n) is 6.14. The Kier molecular flexibility index (Phi) is 3.87. The van der Waals surface area contributed by atoms with E-state index in [1.165, 1.54) is 24.2 Å². The number of hydrogen-bond donors (Lipinski definition) is 2. The SMILES string of the molecule is CC1CCCC(C)[NH+]1Cc1c(O)ccc2c3c(c(=O)oc12)CCC3. The highest BCUT2D eigenvalue weighted by molar-refractivity contribution is 5.86. The Balaban J connectivity index is 1.84. The van der Waals surface area contributed by atoms with Crippen LogP contribution < -0.4 is 10.5 Å². The quantitative estimate of drug-likeness (QED) is 0.832. The number of hydrogen-bond acceptors (Lipinski definition) is 3. The minimum absolute atomic E-state index is 0.211. The van der Waals surface area contributed by atoms with Crippen LogP contribution in [0.15, 0.2) is 21.3 Å². The zero-order chi connectivity index (χ0) is 16.8. The van der Waals surface area contributed by atoms with Gasteiger partial charge in [0.2, 0.25) is 0 Å². The predicted molar refractivity (Wildman–Crippen MR) is 93.6 cm³/mol. The molecule has 1 fully saturated rings. The van der Waals surface area contributed by atoms with Crippen molar-refractivity contribution in [2.75, 3.05) is 0 Å². The number of phenols is 1. The normalized spacial score (nSPS) is 26.7. The molecule has 0 saturated carbocycles. The lowest BCUT2D eigenvalue weighted by Gasteiger charge is -2.36. The van der Waals surface area contributed by atoms with Crippen molar-refractivity contribution in [2.45, 2.75) is 71.0 Å². The molecule has 2 atom stereocenters. The summed E-state index contributed by atoms with van der Waals surface area (Å²) >= 11 is 0. The number of aromatic hydroxyl groups is 1. The summed E-state index contributed by atoms with van der Waals surface area (Å²) < 4.78 is 5.70. The van der Waals surface area contributed by atoms with Crippen LogP contribution in [0.4, 0.5) is 0 Å². The first-order chi connectivity index (χ1) is 11.6. The largest absolute Gasteiger partial charge is 0.507 e. The summed E-state index contributed by atoms with van der Waals surface area (Å²) in [6.07, 6.45) is 6.46. The van der Waals surface area contributed by atoms with Gasteiger partial charge in [-0.25, -0.2) is 4.79 Å². The maximum absolute atomic E-state index is 12.4.